The molecule has 0 saturated heterocycles. The normalized spacial score (nSPS) is 12.9. The summed E-state index contributed by atoms with van der Waals surface area (Å²) < 4.78 is 13.3. The maximum atomic E-state index is 13.0. The molecule has 160 valence electrons. The minimum absolute atomic E-state index is 0.150. The van der Waals surface area contributed by atoms with E-state index in [9.17, 15) is 4.79 Å². The van der Waals surface area contributed by atoms with E-state index in [-0.39, 0.29) is 11.9 Å². The number of rotatable bonds is 9. The summed E-state index contributed by atoms with van der Waals surface area (Å²) in [5.41, 5.74) is 0.922. The van der Waals surface area contributed by atoms with Gasteiger partial charge in [0.05, 0.1) is 24.6 Å². The molecule has 0 spiro atoms. The fourth-order valence-electron chi connectivity index (χ4n) is 3.06. The number of ether oxygens (including phenoxy) is 2. The van der Waals surface area contributed by atoms with E-state index in [0.717, 1.165) is 16.9 Å². The van der Waals surface area contributed by atoms with Gasteiger partial charge in [-0.3, -0.25) is 14.5 Å². The fraction of sp³-hybridized carbons (Fsp3) is 0.381. The van der Waals surface area contributed by atoms with E-state index < -0.39 is 6.04 Å². The first kappa shape index (κ1) is 22.0. The average Bonchev–Trinajstić information content (AvgIpc) is 3.41. The van der Waals surface area contributed by atoms with Crippen molar-refractivity contribution in [3.63, 3.8) is 0 Å². The van der Waals surface area contributed by atoms with Gasteiger partial charge in [0, 0.05) is 0 Å². The number of aromatic amines is 1. The molecule has 1 amide bonds. The lowest BCUT2D eigenvalue weighted by atomic mass is 10.1. The van der Waals surface area contributed by atoms with Crippen LogP contribution in [0.2, 0.25) is 0 Å². The SMILES string of the molecule is CCCOc1ccc(C(C)NC(=O)C(C)n2c(-c3cccs3)n[nH]c2=S)cc1OC. The van der Waals surface area contributed by atoms with Gasteiger partial charge in [0.1, 0.15) is 6.04 Å². The molecule has 7 nitrogen and oxygen atoms in total. The topological polar surface area (TPSA) is 81.2 Å². The van der Waals surface area contributed by atoms with Gasteiger partial charge in [0.25, 0.3) is 0 Å². The Hall–Kier alpha value is -2.65. The second-order valence-corrected chi connectivity index (χ2v) is 8.20. The standard InChI is InChI=1S/C21H26N4O3S2/c1-5-10-28-16-9-8-15(12-17(16)27-4)13(2)22-20(26)14(3)25-19(23-24-21(25)29)18-7-6-11-30-18/h6-9,11-14H,5,10H2,1-4H3,(H,22,26)(H,24,29). The molecule has 2 heterocycles. The first-order chi connectivity index (χ1) is 14.5. The van der Waals surface area contributed by atoms with Crippen molar-refractivity contribution in [2.75, 3.05) is 13.7 Å². The molecular formula is C21H26N4O3S2. The lowest BCUT2D eigenvalue weighted by Gasteiger charge is -2.20. The van der Waals surface area contributed by atoms with Crippen molar-refractivity contribution in [2.45, 2.75) is 39.3 Å². The number of benzene rings is 1. The van der Waals surface area contributed by atoms with Crippen LogP contribution in [0.1, 0.15) is 44.8 Å². The van der Waals surface area contributed by atoms with Crippen molar-refractivity contribution in [3.8, 4) is 22.2 Å². The number of amides is 1. The fourth-order valence-corrected chi connectivity index (χ4v) is 4.06. The second kappa shape index (κ2) is 9.90. The van der Waals surface area contributed by atoms with Gasteiger partial charge in [-0.1, -0.05) is 19.1 Å². The highest BCUT2D eigenvalue weighted by atomic mass is 32.1. The molecule has 2 unspecified atom stereocenters. The molecule has 0 aliphatic rings. The van der Waals surface area contributed by atoms with Gasteiger partial charge >= 0.3 is 0 Å². The van der Waals surface area contributed by atoms with Gasteiger partial charge in [-0.25, -0.2) is 0 Å². The lowest BCUT2D eigenvalue weighted by Crippen LogP contribution is -2.33. The Morgan fingerprint density at radius 2 is 2.13 bits per heavy atom. The third-order valence-electron chi connectivity index (χ3n) is 4.72. The molecular weight excluding hydrogens is 420 g/mol. The molecule has 0 aliphatic heterocycles. The molecule has 3 aromatic rings. The summed E-state index contributed by atoms with van der Waals surface area (Å²) in [5.74, 6) is 1.85. The van der Waals surface area contributed by atoms with E-state index in [1.54, 1.807) is 23.0 Å². The molecule has 1 aromatic carbocycles. The van der Waals surface area contributed by atoms with Gasteiger partial charge in [-0.2, -0.15) is 5.10 Å². The summed E-state index contributed by atoms with van der Waals surface area (Å²) in [5, 5.41) is 12.1. The summed E-state index contributed by atoms with van der Waals surface area (Å²) in [6, 6.07) is 8.84. The first-order valence-corrected chi connectivity index (χ1v) is 11.1. The molecule has 30 heavy (non-hydrogen) atoms. The first-order valence-electron chi connectivity index (χ1n) is 9.78. The zero-order chi connectivity index (χ0) is 21.7. The Morgan fingerprint density at radius 1 is 1.33 bits per heavy atom. The summed E-state index contributed by atoms with van der Waals surface area (Å²) in [6.07, 6.45) is 0.916. The Morgan fingerprint density at radius 3 is 2.80 bits per heavy atom. The second-order valence-electron chi connectivity index (χ2n) is 6.86. The van der Waals surface area contributed by atoms with Crippen LogP contribution in [0.5, 0.6) is 11.5 Å². The highest BCUT2D eigenvalue weighted by molar-refractivity contribution is 7.71. The number of hydrogen-bond donors (Lipinski definition) is 2. The maximum absolute atomic E-state index is 13.0. The van der Waals surface area contributed by atoms with E-state index in [1.807, 2.05) is 49.6 Å². The number of nitrogens with one attached hydrogen (secondary N) is 2. The monoisotopic (exact) mass is 446 g/mol. The number of aromatic nitrogens is 3. The summed E-state index contributed by atoms with van der Waals surface area (Å²) >= 11 is 6.92. The quantitative estimate of drug-likeness (QED) is 0.457. The van der Waals surface area contributed by atoms with Gasteiger partial charge in [0.2, 0.25) is 5.91 Å². The highest BCUT2D eigenvalue weighted by Gasteiger charge is 2.23. The van der Waals surface area contributed by atoms with Crippen LogP contribution in [0.25, 0.3) is 10.7 Å². The third kappa shape index (κ3) is 4.73. The molecule has 9 heteroatoms. The Kier molecular flexibility index (Phi) is 7.28. The summed E-state index contributed by atoms with van der Waals surface area (Å²) in [6.45, 7) is 6.42. The van der Waals surface area contributed by atoms with Crippen molar-refractivity contribution in [1.29, 1.82) is 0 Å². The van der Waals surface area contributed by atoms with Crippen molar-refractivity contribution >= 4 is 29.5 Å². The predicted octanol–water partition coefficient (Wildman–Crippen LogP) is 4.90. The number of carbonyl (C=O) groups excluding carboxylic acids is 1. The van der Waals surface area contributed by atoms with Gasteiger partial charge in [0.15, 0.2) is 22.1 Å². The zero-order valence-electron chi connectivity index (χ0n) is 17.5. The molecule has 0 fully saturated rings. The number of thiophene rings is 1. The Labute approximate surface area is 185 Å². The highest BCUT2D eigenvalue weighted by Crippen LogP contribution is 2.31. The van der Waals surface area contributed by atoms with Crippen LogP contribution in [0.15, 0.2) is 35.7 Å². The van der Waals surface area contributed by atoms with E-state index in [4.69, 9.17) is 21.7 Å². The summed E-state index contributed by atoms with van der Waals surface area (Å²) in [4.78, 5) is 13.9. The molecule has 2 aromatic heterocycles. The minimum Gasteiger partial charge on any atom is -0.493 e. The number of hydrogen-bond acceptors (Lipinski definition) is 6. The smallest absolute Gasteiger partial charge is 0.243 e. The van der Waals surface area contributed by atoms with Crippen LogP contribution in [0, 0.1) is 4.77 Å². The predicted molar refractivity (Wildman–Crippen MR) is 121 cm³/mol. The molecule has 2 atom stereocenters. The molecule has 0 radical (unpaired) electrons. The number of H-pyrrole nitrogens is 1. The van der Waals surface area contributed by atoms with Crippen molar-refractivity contribution in [1.82, 2.24) is 20.1 Å². The molecule has 0 bridgehead atoms. The number of carbonyl (C=O) groups is 1. The van der Waals surface area contributed by atoms with Crippen molar-refractivity contribution in [3.05, 3.63) is 46.0 Å². The van der Waals surface area contributed by atoms with Crippen LogP contribution in [0.3, 0.4) is 0 Å². The summed E-state index contributed by atoms with van der Waals surface area (Å²) in [7, 11) is 1.61. The maximum Gasteiger partial charge on any atom is 0.243 e. The minimum atomic E-state index is -0.523. The van der Waals surface area contributed by atoms with Crippen LogP contribution >= 0.6 is 23.6 Å². The average molecular weight is 447 g/mol. The van der Waals surface area contributed by atoms with Gasteiger partial charge in [-0.05, 0) is 61.6 Å². The molecule has 2 N–H and O–H groups in total. The van der Waals surface area contributed by atoms with Crippen molar-refractivity contribution in [2.24, 2.45) is 0 Å². The molecule has 3 rings (SSSR count). The largest absolute Gasteiger partial charge is 0.493 e. The molecule has 0 saturated carbocycles. The number of nitrogens with zero attached hydrogens (tertiary/aromatic N) is 2. The van der Waals surface area contributed by atoms with Crippen molar-refractivity contribution < 1.29 is 14.3 Å². The van der Waals surface area contributed by atoms with Gasteiger partial charge in [-0.15, -0.1) is 11.3 Å². The Bertz CT molecular complexity index is 1040. The van der Waals surface area contributed by atoms with E-state index in [1.165, 1.54) is 0 Å². The van der Waals surface area contributed by atoms with Crippen LogP contribution in [-0.2, 0) is 4.79 Å². The van der Waals surface area contributed by atoms with E-state index >= 15 is 0 Å². The van der Waals surface area contributed by atoms with Crippen LogP contribution in [-0.4, -0.2) is 34.4 Å². The van der Waals surface area contributed by atoms with Gasteiger partial charge < -0.3 is 14.8 Å². The van der Waals surface area contributed by atoms with Crippen LogP contribution < -0.4 is 14.8 Å². The lowest BCUT2D eigenvalue weighted by molar-refractivity contribution is -0.124. The zero-order valence-corrected chi connectivity index (χ0v) is 19.1. The van der Waals surface area contributed by atoms with E-state index in [0.29, 0.717) is 28.7 Å². The Balaban J connectivity index is 1.76. The third-order valence-corrected chi connectivity index (χ3v) is 5.87. The number of methoxy groups -OCH3 is 1. The molecule has 0 aliphatic carbocycles. The van der Waals surface area contributed by atoms with E-state index in [2.05, 4.69) is 22.4 Å². The van der Waals surface area contributed by atoms with Crippen LogP contribution in [0.4, 0.5) is 0 Å².